The number of nitrogens with zero attached hydrogens (tertiary/aromatic N) is 1. The van der Waals surface area contributed by atoms with Gasteiger partial charge in [0, 0.05) is 28.3 Å². The fourth-order valence-corrected chi connectivity index (χ4v) is 3.86. The number of hydrogen-bond donors (Lipinski definition) is 2. The molecule has 3 rings (SSSR count). The smallest absolute Gasteiger partial charge is 0.141 e. The molecule has 1 aromatic carbocycles. The van der Waals surface area contributed by atoms with Gasteiger partial charge in [0.25, 0.3) is 0 Å². The van der Waals surface area contributed by atoms with E-state index in [1.165, 1.54) is 0 Å². The first-order valence-electron chi connectivity index (χ1n) is 8.22. The number of aliphatic hydroxyl groups excluding tert-OH is 1. The summed E-state index contributed by atoms with van der Waals surface area (Å²) in [5.41, 5.74) is 6.24. The zero-order chi connectivity index (χ0) is 17.8. The number of hydrogen-bond acceptors (Lipinski definition) is 4. The second-order valence-corrected chi connectivity index (χ2v) is 7.33. The molecule has 0 amide bonds. The number of fused-ring (bicyclic) bond motifs is 1. The van der Waals surface area contributed by atoms with Crippen LogP contribution in [-0.2, 0) is 0 Å². The minimum Gasteiger partial charge on any atom is -0.390 e. The lowest BCUT2D eigenvalue weighted by atomic mass is 9.75. The molecule has 0 bridgehead atoms. The molecule has 2 N–H and O–H groups in total. The Morgan fingerprint density at radius 2 is 2.00 bits per heavy atom. The van der Waals surface area contributed by atoms with Crippen LogP contribution in [0.5, 0.6) is 0 Å². The molecule has 0 saturated heterocycles. The first-order chi connectivity index (χ1) is 11.2. The average molecular weight is 324 g/mol. The Morgan fingerprint density at radius 1 is 1.33 bits per heavy atom. The quantitative estimate of drug-likeness (QED) is 0.781. The second kappa shape index (κ2) is 5.39. The molecule has 2 atom stereocenters. The lowest BCUT2D eigenvalue weighted by molar-refractivity contribution is 0.0868. The molecule has 0 fully saturated rings. The monoisotopic (exact) mass is 324 g/mol. The summed E-state index contributed by atoms with van der Waals surface area (Å²) in [5.74, 6) is 3.53. The number of benzene rings is 1. The third-order valence-corrected chi connectivity index (χ3v) is 5.13. The first kappa shape index (κ1) is 16.6. The highest BCUT2D eigenvalue weighted by atomic mass is 16.5. The Balaban J connectivity index is 2.35. The third-order valence-electron chi connectivity index (χ3n) is 5.13. The van der Waals surface area contributed by atoms with Crippen LogP contribution in [0, 0.1) is 33.1 Å². The van der Waals surface area contributed by atoms with Crippen LogP contribution in [0.2, 0.25) is 0 Å². The van der Waals surface area contributed by atoms with Crippen molar-refractivity contribution in [3.05, 3.63) is 34.2 Å². The van der Waals surface area contributed by atoms with Crippen LogP contribution < -0.4 is 5.32 Å². The maximum atomic E-state index is 10.7. The number of aliphatic hydroxyl groups is 1. The third kappa shape index (κ3) is 2.23. The SMILES string of the molecule is C#Cc1c(-c2c(C)noc2C)cc(C)c2c1[C@@H](C)[C@H](O)C(C)(C)N2. The van der Waals surface area contributed by atoms with E-state index in [1.807, 2.05) is 34.6 Å². The van der Waals surface area contributed by atoms with Crippen LogP contribution in [-0.4, -0.2) is 21.9 Å². The molecule has 4 heteroatoms. The minimum absolute atomic E-state index is 0.0681. The molecule has 4 nitrogen and oxygen atoms in total. The normalized spacial score (nSPS) is 21.8. The van der Waals surface area contributed by atoms with Crippen LogP contribution in [0.3, 0.4) is 0 Å². The van der Waals surface area contributed by atoms with Crippen molar-refractivity contribution in [2.75, 3.05) is 5.32 Å². The van der Waals surface area contributed by atoms with Crippen molar-refractivity contribution >= 4 is 5.69 Å². The molecule has 2 heterocycles. The predicted octanol–water partition coefficient (Wildman–Crippen LogP) is 3.92. The Morgan fingerprint density at radius 3 is 2.54 bits per heavy atom. The number of nitrogens with one attached hydrogen (secondary N) is 1. The first-order valence-corrected chi connectivity index (χ1v) is 8.22. The number of aromatic nitrogens is 1. The van der Waals surface area contributed by atoms with Crippen molar-refractivity contribution in [2.45, 2.75) is 59.1 Å². The van der Waals surface area contributed by atoms with Gasteiger partial charge in [-0.05, 0) is 51.8 Å². The van der Waals surface area contributed by atoms with Crippen molar-refractivity contribution in [2.24, 2.45) is 0 Å². The van der Waals surface area contributed by atoms with Crippen molar-refractivity contribution in [3.63, 3.8) is 0 Å². The Hall–Kier alpha value is -2.25. The molecule has 1 aliphatic heterocycles. The van der Waals surface area contributed by atoms with Gasteiger partial charge >= 0.3 is 0 Å². The molecule has 1 aliphatic rings. The summed E-state index contributed by atoms with van der Waals surface area (Å²) in [6.45, 7) is 11.9. The minimum atomic E-state index is -0.531. The predicted molar refractivity (Wildman–Crippen MR) is 96.2 cm³/mol. The van der Waals surface area contributed by atoms with Crippen LogP contribution in [0.4, 0.5) is 5.69 Å². The van der Waals surface area contributed by atoms with Gasteiger partial charge in [0.05, 0.1) is 17.3 Å². The Kier molecular flexibility index (Phi) is 3.73. The summed E-state index contributed by atoms with van der Waals surface area (Å²) >= 11 is 0. The Labute approximate surface area is 143 Å². The topological polar surface area (TPSA) is 58.3 Å². The summed E-state index contributed by atoms with van der Waals surface area (Å²) in [6, 6.07) is 2.09. The second-order valence-electron chi connectivity index (χ2n) is 7.33. The van der Waals surface area contributed by atoms with E-state index in [-0.39, 0.29) is 5.92 Å². The molecule has 1 aromatic heterocycles. The maximum absolute atomic E-state index is 10.7. The largest absolute Gasteiger partial charge is 0.390 e. The van der Waals surface area contributed by atoms with E-state index < -0.39 is 11.6 Å². The lowest BCUT2D eigenvalue weighted by Gasteiger charge is -2.43. The van der Waals surface area contributed by atoms with Gasteiger partial charge in [0.15, 0.2) is 0 Å². The summed E-state index contributed by atoms with van der Waals surface area (Å²) < 4.78 is 5.33. The van der Waals surface area contributed by atoms with Crippen LogP contribution in [0.25, 0.3) is 11.1 Å². The molecule has 0 radical (unpaired) electrons. The van der Waals surface area contributed by atoms with Crippen molar-refractivity contribution in [1.29, 1.82) is 0 Å². The van der Waals surface area contributed by atoms with E-state index in [1.54, 1.807) is 0 Å². The van der Waals surface area contributed by atoms with Gasteiger partial charge in [-0.15, -0.1) is 6.42 Å². The fraction of sp³-hybridized carbons (Fsp3) is 0.450. The highest BCUT2D eigenvalue weighted by Gasteiger charge is 2.41. The molecule has 24 heavy (non-hydrogen) atoms. The van der Waals surface area contributed by atoms with E-state index in [2.05, 4.69) is 29.4 Å². The maximum Gasteiger partial charge on any atom is 0.141 e. The highest BCUT2D eigenvalue weighted by molar-refractivity contribution is 5.82. The molecule has 0 saturated carbocycles. The van der Waals surface area contributed by atoms with Gasteiger partial charge in [-0.2, -0.15) is 0 Å². The van der Waals surface area contributed by atoms with Gasteiger partial charge in [-0.1, -0.05) is 18.0 Å². The van der Waals surface area contributed by atoms with Gasteiger partial charge in [0.2, 0.25) is 0 Å². The number of anilines is 1. The van der Waals surface area contributed by atoms with Gasteiger partial charge in [-0.3, -0.25) is 0 Å². The summed E-state index contributed by atoms with van der Waals surface area (Å²) in [5, 5.41) is 18.3. The van der Waals surface area contributed by atoms with E-state index in [0.29, 0.717) is 0 Å². The van der Waals surface area contributed by atoms with Crippen molar-refractivity contribution in [1.82, 2.24) is 5.16 Å². The molecular weight excluding hydrogens is 300 g/mol. The van der Waals surface area contributed by atoms with Gasteiger partial charge < -0.3 is 14.9 Å². The number of aryl methyl sites for hydroxylation is 3. The zero-order valence-corrected chi connectivity index (χ0v) is 15.1. The molecular formula is C20H24N2O2. The van der Waals surface area contributed by atoms with Crippen LogP contribution in [0.1, 0.15) is 54.8 Å². The van der Waals surface area contributed by atoms with Gasteiger partial charge in [0.1, 0.15) is 5.76 Å². The van der Waals surface area contributed by atoms with E-state index in [4.69, 9.17) is 10.9 Å². The lowest BCUT2D eigenvalue weighted by Crippen LogP contribution is -2.50. The molecule has 0 unspecified atom stereocenters. The molecule has 2 aromatic rings. The Bertz CT molecular complexity index is 836. The van der Waals surface area contributed by atoms with Crippen molar-refractivity contribution < 1.29 is 9.63 Å². The molecule has 0 spiro atoms. The van der Waals surface area contributed by atoms with Crippen LogP contribution in [0.15, 0.2) is 10.6 Å². The van der Waals surface area contributed by atoms with Gasteiger partial charge in [-0.25, -0.2) is 0 Å². The fourth-order valence-electron chi connectivity index (χ4n) is 3.86. The summed E-state index contributed by atoms with van der Waals surface area (Å²) in [4.78, 5) is 0. The summed E-state index contributed by atoms with van der Waals surface area (Å²) in [6.07, 6.45) is 5.36. The molecule has 126 valence electrons. The molecule has 0 aliphatic carbocycles. The van der Waals surface area contributed by atoms with Crippen LogP contribution >= 0.6 is 0 Å². The van der Waals surface area contributed by atoms with E-state index >= 15 is 0 Å². The number of terminal acetylenes is 1. The van der Waals surface area contributed by atoms with E-state index in [0.717, 1.165) is 45.0 Å². The van der Waals surface area contributed by atoms with Crippen molar-refractivity contribution in [3.8, 4) is 23.5 Å². The van der Waals surface area contributed by atoms with E-state index in [9.17, 15) is 5.11 Å². The zero-order valence-electron chi connectivity index (χ0n) is 15.1. The standard InChI is InChI=1S/C20H24N2O2/c1-8-14-15(17-12(4)22-24-13(17)5)9-10(2)18-16(14)11(3)19(23)20(6,7)21-18/h1,9,11,19,21,23H,2-7H3/t11-,19+/m1/s1. The summed E-state index contributed by atoms with van der Waals surface area (Å²) in [7, 11) is 0. The highest BCUT2D eigenvalue weighted by Crippen LogP contribution is 2.46. The average Bonchev–Trinajstić information content (AvgIpc) is 2.84. The number of rotatable bonds is 1.